The van der Waals surface area contributed by atoms with Crippen molar-refractivity contribution in [2.75, 3.05) is 0 Å². The summed E-state index contributed by atoms with van der Waals surface area (Å²) < 4.78 is 6.02. The summed E-state index contributed by atoms with van der Waals surface area (Å²) in [5, 5.41) is 0.602. The molecule has 112 valence electrons. The van der Waals surface area contributed by atoms with Gasteiger partial charge in [0, 0.05) is 5.02 Å². The Morgan fingerprint density at radius 3 is 2.73 bits per heavy atom. The highest BCUT2D eigenvalue weighted by atomic mass is 35.5. The first-order valence-electron chi connectivity index (χ1n) is 7.28. The molecule has 0 amide bonds. The topological polar surface area (TPSA) is 26.3 Å². The largest absolute Gasteiger partial charge is 0.485 e. The quantitative estimate of drug-likeness (QED) is 0.772. The molecule has 0 aliphatic carbocycles. The predicted octanol–water partition coefficient (Wildman–Crippen LogP) is 5.09. The summed E-state index contributed by atoms with van der Waals surface area (Å²) >= 11 is 6.10. The second-order valence-corrected chi connectivity index (χ2v) is 6.04. The van der Waals surface area contributed by atoms with Gasteiger partial charge in [-0.2, -0.15) is 0 Å². The third-order valence-corrected chi connectivity index (χ3v) is 4.31. The van der Waals surface area contributed by atoms with Crippen molar-refractivity contribution in [1.29, 1.82) is 0 Å². The molecular weight excluding hydrogens is 296 g/mol. The van der Waals surface area contributed by atoms with Crippen LogP contribution in [0.5, 0.6) is 5.75 Å². The van der Waals surface area contributed by atoms with Crippen LogP contribution in [0.15, 0.2) is 48.0 Å². The normalized spacial score (nSPS) is 17.9. The number of carbonyl (C=O) groups excluding carboxylic acids is 1. The van der Waals surface area contributed by atoms with Crippen molar-refractivity contribution in [3.63, 3.8) is 0 Å². The number of hydrogen-bond acceptors (Lipinski definition) is 2. The van der Waals surface area contributed by atoms with E-state index in [1.807, 2.05) is 50.2 Å². The zero-order valence-electron chi connectivity index (χ0n) is 12.6. The van der Waals surface area contributed by atoms with Crippen molar-refractivity contribution in [2.45, 2.75) is 26.4 Å². The lowest BCUT2D eigenvalue weighted by Crippen LogP contribution is -2.28. The van der Waals surface area contributed by atoms with E-state index in [2.05, 4.69) is 6.08 Å². The molecule has 1 aliphatic heterocycles. The highest BCUT2D eigenvalue weighted by Gasteiger charge is 2.28. The fourth-order valence-electron chi connectivity index (χ4n) is 2.60. The maximum absolute atomic E-state index is 12.4. The maximum atomic E-state index is 12.4. The number of benzene rings is 2. The SMILES string of the molecule is C/C(=C\c1ccccc1)C1CC(=O)c2cc(Cl)c(C)cc2O1. The van der Waals surface area contributed by atoms with E-state index in [1.165, 1.54) is 0 Å². The zero-order chi connectivity index (χ0) is 15.7. The summed E-state index contributed by atoms with van der Waals surface area (Å²) in [5.74, 6) is 0.706. The first-order valence-corrected chi connectivity index (χ1v) is 7.65. The maximum Gasteiger partial charge on any atom is 0.170 e. The molecule has 0 bridgehead atoms. The molecule has 0 radical (unpaired) electrons. The van der Waals surface area contributed by atoms with Crippen LogP contribution in [-0.2, 0) is 0 Å². The molecule has 0 aromatic heterocycles. The number of aryl methyl sites for hydroxylation is 1. The molecule has 1 atom stereocenters. The Balaban J connectivity index is 1.90. The third-order valence-electron chi connectivity index (χ3n) is 3.90. The Morgan fingerprint density at radius 1 is 1.27 bits per heavy atom. The predicted molar refractivity (Wildman–Crippen MR) is 89.6 cm³/mol. The van der Waals surface area contributed by atoms with Crippen LogP contribution in [0, 0.1) is 6.92 Å². The van der Waals surface area contributed by atoms with Gasteiger partial charge in [0.1, 0.15) is 11.9 Å². The van der Waals surface area contributed by atoms with Gasteiger partial charge in [0.25, 0.3) is 0 Å². The molecule has 22 heavy (non-hydrogen) atoms. The monoisotopic (exact) mass is 312 g/mol. The van der Waals surface area contributed by atoms with Crippen molar-refractivity contribution in [3.05, 3.63) is 69.8 Å². The Bertz CT molecular complexity index is 748. The summed E-state index contributed by atoms with van der Waals surface area (Å²) in [7, 11) is 0. The number of rotatable bonds is 2. The number of Topliss-reactive ketones (excluding diaryl/α,β-unsaturated/α-hetero) is 1. The van der Waals surface area contributed by atoms with Crippen LogP contribution in [0.2, 0.25) is 5.02 Å². The van der Waals surface area contributed by atoms with E-state index in [-0.39, 0.29) is 11.9 Å². The van der Waals surface area contributed by atoms with Crippen LogP contribution >= 0.6 is 11.6 Å². The highest BCUT2D eigenvalue weighted by molar-refractivity contribution is 6.31. The van der Waals surface area contributed by atoms with Gasteiger partial charge >= 0.3 is 0 Å². The van der Waals surface area contributed by atoms with Crippen molar-refractivity contribution >= 4 is 23.5 Å². The first kappa shape index (κ1) is 14.9. The zero-order valence-corrected chi connectivity index (χ0v) is 13.4. The second kappa shape index (κ2) is 5.98. The third kappa shape index (κ3) is 2.93. The van der Waals surface area contributed by atoms with E-state index < -0.39 is 0 Å². The van der Waals surface area contributed by atoms with Gasteiger partial charge in [-0.25, -0.2) is 0 Å². The molecule has 0 saturated carbocycles. The molecule has 2 aromatic rings. The smallest absolute Gasteiger partial charge is 0.170 e. The summed E-state index contributed by atoms with van der Waals surface area (Å²) in [4.78, 5) is 12.4. The Kier molecular flexibility index (Phi) is 4.04. The molecule has 0 fully saturated rings. The van der Waals surface area contributed by atoms with Crippen molar-refractivity contribution < 1.29 is 9.53 Å². The van der Waals surface area contributed by atoms with Crippen LogP contribution in [0.4, 0.5) is 0 Å². The van der Waals surface area contributed by atoms with E-state index in [1.54, 1.807) is 6.07 Å². The number of hydrogen-bond donors (Lipinski definition) is 0. The standard InChI is InChI=1S/C19H17ClO2/c1-12-9-19-15(10-16(12)20)17(21)11-18(22-19)13(2)8-14-6-4-3-5-7-14/h3-10,18H,11H2,1-2H3/b13-8+. The lowest BCUT2D eigenvalue weighted by Gasteiger charge is -2.26. The van der Waals surface area contributed by atoms with Crippen molar-refractivity contribution in [2.24, 2.45) is 0 Å². The first-order chi connectivity index (χ1) is 10.5. The van der Waals surface area contributed by atoms with Crippen LogP contribution < -0.4 is 4.74 Å². The van der Waals surface area contributed by atoms with Crippen LogP contribution in [0.25, 0.3) is 6.08 Å². The molecule has 2 nitrogen and oxygen atoms in total. The van der Waals surface area contributed by atoms with Gasteiger partial charge in [-0.15, -0.1) is 0 Å². The van der Waals surface area contributed by atoms with Crippen molar-refractivity contribution in [3.8, 4) is 5.75 Å². The number of ketones is 1. The number of fused-ring (bicyclic) bond motifs is 1. The van der Waals surface area contributed by atoms with Crippen LogP contribution in [0.1, 0.15) is 34.8 Å². The summed E-state index contributed by atoms with van der Waals surface area (Å²) in [5.41, 5.74) is 3.64. The average molecular weight is 313 g/mol. The van der Waals surface area contributed by atoms with E-state index in [4.69, 9.17) is 16.3 Å². The minimum atomic E-state index is -0.221. The molecule has 0 N–H and O–H groups in total. The van der Waals surface area contributed by atoms with Gasteiger partial charge < -0.3 is 4.74 Å². The molecule has 0 saturated heterocycles. The van der Waals surface area contributed by atoms with E-state index in [0.29, 0.717) is 22.8 Å². The molecule has 3 heteroatoms. The molecule has 1 heterocycles. The van der Waals surface area contributed by atoms with Gasteiger partial charge in [-0.1, -0.05) is 48.0 Å². The molecular formula is C19H17ClO2. The highest BCUT2D eigenvalue weighted by Crippen LogP contribution is 2.34. The Labute approximate surface area is 135 Å². The molecule has 2 aromatic carbocycles. The van der Waals surface area contributed by atoms with E-state index in [0.717, 1.165) is 16.7 Å². The van der Waals surface area contributed by atoms with Crippen molar-refractivity contribution in [1.82, 2.24) is 0 Å². The molecule has 0 spiro atoms. The van der Waals surface area contributed by atoms with Gasteiger partial charge in [0.05, 0.1) is 12.0 Å². The number of halogens is 1. The second-order valence-electron chi connectivity index (χ2n) is 5.63. The van der Waals surface area contributed by atoms with Crippen LogP contribution in [-0.4, -0.2) is 11.9 Å². The minimum Gasteiger partial charge on any atom is -0.485 e. The molecule has 1 unspecified atom stereocenters. The van der Waals surface area contributed by atoms with Gasteiger partial charge in [0.15, 0.2) is 5.78 Å². The average Bonchev–Trinajstić information content (AvgIpc) is 2.50. The van der Waals surface area contributed by atoms with Gasteiger partial charge in [-0.05, 0) is 42.7 Å². The lowest BCUT2D eigenvalue weighted by atomic mass is 9.95. The van der Waals surface area contributed by atoms with E-state index >= 15 is 0 Å². The lowest BCUT2D eigenvalue weighted by molar-refractivity contribution is 0.0885. The molecule has 1 aliphatic rings. The molecule has 3 rings (SSSR count). The Morgan fingerprint density at radius 2 is 2.00 bits per heavy atom. The minimum absolute atomic E-state index is 0.0777. The number of carbonyl (C=O) groups is 1. The number of ether oxygens (including phenoxy) is 1. The Hall–Kier alpha value is -2.06. The summed E-state index contributed by atoms with van der Waals surface area (Å²) in [6, 6.07) is 13.6. The fourth-order valence-corrected chi connectivity index (χ4v) is 2.77. The van der Waals surface area contributed by atoms with Gasteiger partial charge in [0.2, 0.25) is 0 Å². The summed E-state index contributed by atoms with van der Waals surface area (Å²) in [6.45, 7) is 3.91. The van der Waals surface area contributed by atoms with E-state index in [9.17, 15) is 4.79 Å². The van der Waals surface area contributed by atoms with Gasteiger partial charge in [-0.3, -0.25) is 4.79 Å². The van der Waals surface area contributed by atoms with Crippen LogP contribution in [0.3, 0.4) is 0 Å². The fraction of sp³-hybridized carbons (Fsp3) is 0.211. The summed E-state index contributed by atoms with van der Waals surface area (Å²) in [6.07, 6.45) is 2.19.